The maximum Gasteiger partial charge on any atom is 0.327 e. The molecule has 0 atom stereocenters. The molecule has 0 saturated heterocycles. The number of aromatic nitrogens is 3. The monoisotopic (exact) mass is 485 g/mol. The van der Waals surface area contributed by atoms with Crippen molar-refractivity contribution in [3.05, 3.63) is 117 Å². The first-order valence-electron chi connectivity index (χ1n) is 11.2. The van der Waals surface area contributed by atoms with Crippen molar-refractivity contribution in [2.45, 2.75) is 19.9 Å². The molecule has 1 aliphatic heterocycles. The van der Waals surface area contributed by atoms with Crippen LogP contribution >= 0.6 is 11.6 Å². The van der Waals surface area contributed by atoms with Gasteiger partial charge in [-0.3, -0.25) is 24.4 Å². The molecule has 1 N–H and O–H groups in total. The van der Waals surface area contributed by atoms with E-state index in [9.17, 15) is 14.4 Å². The minimum Gasteiger partial charge on any atom is -0.294 e. The number of imide groups is 1. The third-order valence-electron chi connectivity index (χ3n) is 5.95. The second-order valence-corrected chi connectivity index (χ2v) is 8.56. The molecule has 0 radical (unpaired) electrons. The topological polar surface area (TPSA) is 79.1 Å². The maximum atomic E-state index is 13.8. The Hall–Kier alpha value is -4.23. The first kappa shape index (κ1) is 22.6. The number of hydrogen-bond acceptors (Lipinski definition) is 3. The number of aryl methyl sites for hydroxylation is 1. The Morgan fingerprint density at radius 1 is 0.857 bits per heavy atom. The number of amides is 2. The molecule has 0 bridgehead atoms. The van der Waals surface area contributed by atoms with Gasteiger partial charge in [0.15, 0.2) is 12.4 Å². The van der Waals surface area contributed by atoms with Gasteiger partial charge in [0.05, 0.1) is 17.8 Å². The van der Waals surface area contributed by atoms with E-state index in [1.54, 1.807) is 53.4 Å². The summed E-state index contributed by atoms with van der Waals surface area (Å²) in [7, 11) is 0. The van der Waals surface area contributed by atoms with Gasteiger partial charge in [0.25, 0.3) is 17.2 Å². The Morgan fingerprint density at radius 2 is 1.51 bits per heavy atom. The highest BCUT2D eigenvalue weighted by atomic mass is 35.5. The first-order chi connectivity index (χ1) is 17.0. The molecule has 2 amide bonds. The predicted molar refractivity (Wildman–Crippen MR) is 133 cm³/mol. The smallest absolute Gasteiger partial charge is 0.294 e. The van der Waals surface area contributed by atoms with Crippen LogP contribution in [-0.4, -0.2) is 26.5 Å². The van der Waals surface area contributed by atoms with Crippen LogP contribution in [0, 0.1) is 0 Å². The number of benzene rings is 2. The normalized spacial score (nSPS) is 13.7. The quantitative estimate of drug-likeness (QED) is 0.335. The minimum absolute atomic E-state index is 0.0907. The maximum absolute atomic E-state index is 13.8. The van der Waals surface area contributed by atoms with Crippen molar-refractivity contribution in [3.8, 4) is 5.69 Å². The number of nitrogens with zero attached hydrogens (tertiary/aromatic N) is 3. The zero-order valence-electron chi connectivity index (χ0n) is 18.9. The molecule has 4 aromatic rings. The van der Waals surface area contributed by atoms with Crippen molar-refractivity contribution in [2.75, 3.05) is 0 Å². The van der Waals surface area contributed by atoms with Gasteiger partial charge in [-0.25, -0.2) is 4.68 Å². The molecule has 0 saturated carbocycles. The molecule has 1 aliphatic rings. The van der Waals surface area contributed by atoms with Crippen molar-refractivity contribution >= 4 is 34.7 Å². The third-order valence-corrected chi connectivity index (χ3v) is 6.21. The van der Waals surface area contributed by atoms with Crippen LogP contribution in [0.5, 0.6) is 0 Å². The van der Waals surface area contributed by atoms with Crippen molar-refractivity contribution in [1.82, 2.24) is 14.7 Å². The lowest BCUT2D eigenvalue weighted by Crippen LogP contribution is -2.39. The van der Waals surface area contributed by atoms with Crippen molar-refractivity contribution < 1.29 is 14.2 Å². The summed E-state index contributed by atoms with van der Waals surface area (Å²) in [6, 6.07) is 21.5. The number of H-pyrrole nitrogens is 1. The highest BCUT2D eigenvalue weighted by Gasteiger charge is 2.47. The summed E-state index contributed by atoms with van der Waals surface area (Å²) >= 11 is 6.02. The number of carbonyl (C=O) groups is 2. The van der Waals surface area contributed by atoms with Crippen LogP contribution in [0.25, 0.3) is 17.0 Å². The standard InChI is InChI=1S/C27H21ClN4O3/c1-2-21-22(26(34)32(29-21)20-13-11-19(28)12-14-20)23-24(30-15-7-4-8-16-30)27(35)31(25(23)33)17-18-9-5-3-6-10-18/h3-16H,2,17H2,1H3/p+1. The summed E-state index contributed by atoms with van der Waals surface area (Å²) in [5, 5.41) is 3.66. The molecule has 35 heavy (non-hydrogen) atoms. The van der Waals surface area contributed by atoms with Crippen LogP contribution in [0.2, 0.25) is 5.02 Å². The number of rotatable bonds is 6. The van der Waals surface area contributed by atoms with Gasteiger partial charge >= 0.3 is 5.91 Å². The van der Waals surface area contributed by atoms with Gasteiger partial charge in [-0.15, -0.1) is 0 Å². The molecule has 2 aromatic carbocycles. The van der Waals surface area contributed by atoms with Crippen LogP contribution in [0.4, 0.5) is 0 Å². The molecule has 3 heterocycles. The molecule has 5 rings (SSSR count). The van der Waals surface area contributed by atoms with Crippen molar-refractivity contribution in [3.63, 3.8) is 0 Å². The van der Waals surface area contributed by atoms with E-state index in [4.69, 9.17) is 11.6 Å². The van der Waals surface area contributed by atoms with E-state index < -0.39 is 17.4 Å². The fourth-order valence-corrected chi connectivity index (χ4v) is 4.38. The fraction of sp³-hybridized carbons (Fsp3) is 0.111. The highest BCUT2D eigenvalue weighted by molar-refractivity contribution is 6.44. The minimum atomic E-state index is -0.501. The van der Waals surface area contributed by atoms with Gasteiger partial charge in [-0.1, -0.05) is 54.9 Å². The number of halogens is 1. The van der Waals surface area contributed by atoms with Gasteiger partial charge in [0.1, 0.15) is 5.57 Å². The van der Waals surface area contributed by atoms with E-state index in [0.29, 0.717) is 22.8 Å². The van der Waals surface area contributed by atoms with Gasteiger partial charge in [0.2, 0.25) is 0 Å². The summed E-state index contributed by atoms with van der Waals surface area (Å²) in [6.45, 7) is 2.00. The molecule has 0 fully saturated rings. The number of pyridine rings is 1. The lowest BCUT2D eigenvalue weighted by molar-refractivity contribution is -0.576. The summed E-state index contributed by atoms with van der Waals surface area (Å²) in [4.78, 5) is 42.3. The van der Waals surface area contributed by atoms with Gasteiger partial charge in [0, 0.05) is 22.8 Å². The Bertz CT molecular complexity index is 1500. The second-order valence-electron chi connectivity index (χ2n) is 8.12. The Balaban J connectivity index is 1.70. The van der Waals surface area contributed by atoms with E-state index in [1.807, 2.05) is 43.3 Å². The van der Waals surface area contributed by atoms with Crippen LogP contribution < -0.4 is 10.1 Å². The van der Waals surface area contributed by atoms with E-state index in [0.717, 1.165) is 5.56 Å². The zero-order valence-corrected chi connectivity index (χ0v) is 19.7. The van der Waals surface area contributed by atoms with Crippen LogP contribution in [0.1, 0.15) is 23.7 Å². The van der Waals surface area contributed by atoms with E-state index in [1.165, 1.54) is 9.58 Å². The first-order valence-corrected chi connectivity index (χ1v) is 11.6. The summed E-state index contributed by atoms with van der Waals surface area (Å²) in [6.07, 6.45) is 3.85. The van der Waals surface area contributed by atoms with Crippen LogP contribution in [0.15, 0.2) is 90.0 Å². The van der Waals surface area contributed by atoms with Gasteiger partial charge < -0.3 is 0 Å². The molecular formula is C27H22ClN4O3+. The van der Waals surface area contributed by atoms with E-state index in [-0.39, 0.29) is 23.4 Å². The molecule has 0 aliphatic carbocycles. The SMILES string of the molecule is CCc1[nH]n(-c2ccc(Cl)cc2)c(=O)c1C1=C([n+]2ccccc2)C(=O)N(Cc2ccccc2)C1=O. The number of nitrogens with one attached hydrogen (secondary N) is 1. The Morgan fingerprint density at radius 3 is 2.17 bits per heavy atom. The largest absolute Gasteiger partial charge is 0.327 e. The molecule has 7 nitrogen and oxygen atoms in total. The third kappa shape index (κ3) is 4.00. The number of aromatic amines is 1. The van der Waals surface area contributed by atoms with Crippen molar-refractivity contribution in [2.24, 2.45) is 0 Å². The Labute approximate surface area is 206 Å². The lowest BCUT2D eigenvalue weighted by Gasteiger charge is -2.13. The predicted octanol–water partition coefficient (Wildman–Crippen LogP) is 3.61. The highest BCUT2D eigenvalue weighted by Crippen LogP contribution is 2.31. The molecule has 0 unspecified atom stereocenters. The Kier molecular flexibility index (Phi) is 5.93. The molecule has 174 valence electrons. The number of carbonyl (C=O) groups excluding carboxylic acids is 2. The summed E-state index contributed by atoms with van der Waals surface area (Å²) < 4.78 is 2.97. The molecule has 8 heteroatoms. The average Bonchev–Trinajstić information content (AvgIpc) is 3.33. The molecule has 0 spiro atoms. The second kappa shape index (κ2) is 9.19. The summed E-state index contributed by atoms with van der Waals surface area (Å²) in [5.41, 5.74) is 1.99. The van der Waals surface area contributed by atoms with Gasteiger partial charge in [-0.2, -0.15) is 4.57 Å². The zero-order chi connectivity index (χ0) is 24.5. The van der Waals surface area contributed by atoms with Crippen LogP contribution in [-0.2, 0) is 22.6 Å². The van der Waals surface area contributed by atoms with Gasteiger partial charge in [-0.05, 0) is 36.2 Å². The molecular weight excluding hydrogens is 464 g/mol. The van der Waals surface area contributed by atoms with Crippen LogP contribution in [0.3, 0.4) is 0 Å². The number of hydrogen-bond donors (Lipinski definition) is 1. The fourth-order valence-electron chi connectivity index (χ4n) is 4.25. The average molecular weight is 486 g/mol. The van der Waals surface area contributed by atoms with Crippen molar-refractivity contribution in [1.29, 1.82) is 0 Å². The molecule has 2 aromatic heterocycles. The van der Waals surface area contributed by atoms with E-state index in [2.05, 4.69) is 5.10 Å². The summed E-state index contributed by atoms with van der Waals surface area (Å²) in [5.74, 6) is -0.954. The lowest BCUT2D eigenvalue weighted by atomic mass is 10.0. The van der Waals surface area contributed by atoms with E-state index >= 15 is 0 Å².